The lowest BCUT2D eigenvalue weighted by Gasteiger charge is -2.18. The second-order valence-corrected chi connectivity index (χ2v) is 6.14. The van der Waals surface area contributed by atoms with E-state index in [9.17, 15) is 18.8 Å². The van der Waals surface area contributed by atoms with E-state index in [1.807, 2.05) is 0 Å². The van der Waals surface area contributed by atoms with Crippen LogP contribution >= 0.6 is 0 Å². The minimum Gasteiger partial charge on any atom is -0.326 e. The third kappa shape index (κ3) is 4.05. The summed E-state index contributed by atoms with van der Waals surface area (Å²) in [6.07, 6.45) is 0.0749. The zero-order valence-electron chi connectivity index (χ0n) is 14.2. The van der Waals surface area contributed by atoms with Crippen LogP contribution in [0.1, 0.15) is 13.3 Å². The fourth-order valence-corrected chi connectivity index (χ4v) is 2.90. The van der Waals surface area contributed by atoms with Crippen molar-refractivity contribution in [3.8, 4) is 0 Å². The van der Waals surface area contributed by atoms with Crippen molar-refractivity contribution in [3.05, 3.63) is 54.3 Å². The summed E-state index contributed by atoms with van der Waals surface area (Å²) in [6, 6.07) is 12.5. The molecule has 0 aliphatic carbocycles. The van der Waals surface area contributed by atoms with Crippen molar-refractivity contribution < 1.29 is 18.8 Å². The van der Waals surface area contributed by atoms with E-state index in [0.717, 1.165) is 0 Å². The molecule has 0 saturated carbocycles. The molecule has 1 atom stereocenters. The van der Waals surface area contributed by atoms with Gasteiger partial charge in [-0.15, -0.1) is 0 Å². The van der Waals surface area contributed by atoms with E-state index < -0.39 is 11.7 Å². The molecular formula is C19H18FN3O3. The molecule has 0 spiro atoms. The lowest BCUT2D eigenvalue weighted by Crippen LogP contribution is -2.28. The highest BCUT2D eigenvalue weighted by atomic mass is 19.1. The van der Waals surface area contributed by atoms with Gasteiger partial charge in [0, 0.05) is 37.0 Å². The molecule has 3 amide bonds. The lowest BCUT2D eigenvalue weighted by atomic mass is 10.1. The Bertz CT molecular complexity index is 869. The maximum atomic E-state index is 13.2. The molecule has 1 fully saturated rings. The number of carbonyl (C=O) groups is 3. The summed E-state index contributed by atoms with van der Waals surface area (Å²) in [6.45, 7) is 1.63. The lowest BCUT2D eigenvalue weighted by molar-refractivity contribution is -0.122. The number of carbonyl (C=O) groups excluding carboxylic acids is 3. The average Bonchev–Trinajstić information content (AvgIpc) is 2.96. The first-order valence-electron chi connectivity index (χ1n) is 8.17. The Kier molecular flexibility index (Phi) is 4.97. The van der Waals surface area contributed by atoms with Crippen molar-refractivity contribution in [1.82, 2.24) is 0 Å². The summed E-state index contributed by atoms with van der Waals surface area (Å²) in [7, 11) is 0. The van der Waals surface area contributed by atoms with Gasteiger partial charge in [-0.25, -0.2) is 4.39 Å². The summed E-state index contributed by atoms with van der Waals surface area (Å²) in [5, 5.41) is 5.30. The van der Waals surface area contributed by atoms with Crippen molar-refractivity contribution >= 4 is 34.8 Å². The first-order valence-corrected chi connectivity index (χ1v) is 8.17. The molecule has 7 heteroatoms. The molecule has 0 aromatic heterocycles. The molecule has 0 unspecified atom stereocenters. The molecule has 1 aliphatic rings. The van der Waals surface area contributed by atoms with Gasteiger partial charge in [0.2, 0.25) is 17.7 Å². The van der Waals surface area contributed by atoms with Gasteiger partial charge in [0.1, 0.15) is 5.82 Å². The molecule has 2 aromatic carbocycles. The van der Waals surface area contributed by atoms with E-state index >= 15 is 0 Å². The quantitative estimate of drug-likeness (QED) is 0.885. The minimum atomic E-state index is -0.532. The highest BCUT2D eigenvalue weighted by Gasteiger charge is 2.35. The van der Waals surface area contributed by atoms with E-state index in [1.165, 1.54) is 30.0 Å². The van der Waals surface area contributed by atoms with Gasteiger partial charge in [-0.2, -0.15) is 0 Å². The molecule has 2 N–H and O–H groups in total. The maximum Gasteiger partial charge on any atom is 0.229 e. The number of hydrogen-bond donors (Lipinski definition) is 2. The Morgan fingerprint density at radius 1 is 1.08 bits per heavy atom. The van der Waals surface area contributed by atoms with Crippen LogP contribution in [0.3, 0.4) is 0 Å². The summed E-state index contributed by atoms with van der Waals surface area (Å²) < 4.78 is 13.2. The molecule has 134 valence electrons. The van der Waals surface area contributed by atoms with Crippen molar-refractivity contribution in [2.75, 3.05) is 22.1 Å². The predicted molar refractivity (Wildman–Crippen MR) is 96.2 cm³/mol. The normalized spacial score (nSPS) is 16.5. The van der Waals surface area contributed by atoms with Crippen LogP contribution in [-0.2, 0) is 14.4 Å². The van der Waals surface area contributed by atoms with E-state index in [4.69, 9.17) is 0 Å². The Hall–Kier alpha value is -3.22. The van der Waals surface area contributed by atoms with Crippen molar-refractivity contribution in [2.45, 2.75) is 13.3 Å². The number of nitrogens with one attached hydrogen (secondary N) is 2. The van der Waals surface area contributed by atoms with Crippen molar-refractivity contribution in [1.29, 1.82) is 0 Å². The molecule has 3 rings (SSSR count). The monoisotopic (exact) mass is 355 g/mol. The Labute approximate surface area is 150 Å². The third-order valence-corrected chi connectivity index (χ3v) is 4.07. The summed E-state index contributed by atoms with van der Waals surface area (Å²) in [4.78, 5) is 37.4. The highest BCUT2D eigenvalue weighted by molar-refractivity contribution is 6.04. The second kappa shape index (κ2) is 7.35. The maximum absolute atomic E-state index is 13.2. The number of anilines is 3. The Morgan fingerprint density at radius 3 is 2.46 bits per heavy atom. The molecular weight excluding hydrogens is 337 g/mol. The van der Waals surface area contributed by atoms with E-state index in [1.54, 1.807) is 30.3 Å². The van der Waals surface area contributed by atoms with Crippen molar-refractivity contribution in [2.24, 2.45) is 5.92 Å². The van der Waals surface area contributed by atoms with E-state index in [-0.39, 0.29) is 30.7 Å². The first-order chi connectivity index (χ1) is 12.4. The predicted octanol–water partition coefficient (Wildman–Crippen LogP) is 2.78. The Morgan fingerprint density at radius 2 is 1.77 bits per heavy atom. The fourth-order valence-electron chi connectivity index (χ4n) is 2.90. The Balaban J connectivity index is 1.70. The van der Waals surface area contributed by atoms with Crippen LogP contribution in [0.2, 0.25) is 0 Å². The van der Waals surface area contributed by atoms with Gasteiger partial charge in [-0.05, 0) is 36.4 Å². The summed E-state index contributed by atoms with van der Waals surface area (Å²) >= 11 is 0. The smallest absolute Gasteiger partial charge is 0.229 e. The van der Waals surface area contributed by atoms with Gasteiger partial charge in [0.15, 0.2) is 0 Å². The third-order valence-electron chi connectivity index (χ3n) is 4.07. The largest absolute Gasteiger partial charge is 0.326 e. The molecule has 26 heavy (non-hydrogen) atoms. The molecule has 6 nitrogen and oxygen atoms in total. The highest BCUT2D eigenvalue weighted by Crippen LogP contribution is 2.28. The second-order valence-electron chi connectivity index (χ2n) is 6.14. The molecule has 1 aliphatic heterocycles. The number of hydrogen-bond acceptors (Lipinski definition) is 3. The number of rotatable bonds is 4. The zero-order chi connectivity index (χ0) is 18.7. The molecule has 2 aromatic rings. The van der Waals surface area contributed by atoms with Crippen LogP contribution in [0.25, 0.3) is 0 Å². The van der Waals surface area contributed by atoms with Crippen LogP contribution in [-0.4, -0.2) is 24.3 Å². The minimum absolute atomic E-state index is 0.0749. The number of benzene rings is 2. The van der Waals surface area contributed by atoms with E-state index in [0.29, 0.717) is 17.1 Å². The van der Waals surface area contributed by atoms with Gasteiger partial charge >= 0.3 is 0 Å². The first kappa shape index (κ1) is 17.6. The number of halogens is 1. The van der Waals surface area contributed by atoms with Gasteiger partial charge < -0.3 is 15.5 Å². The molecule has 1 heterocycles. The summed E-state index contributed by atoms with van der Waals surface area (Å²) in [5.41, 5.74) is 1.55. The number of nitrogens with zero attached hydrogens (tertiary/aromatic N) is 1. The van der Waals surface area contributed by atoms with Crippen molar-refractivity contribution in [3.63, 3.8) is 0 Å². The van der Waals surface area contributed by atoms with E-state index in [2.05, 4.69) is 10.6 Å². The SMILES string of the molecule is CC(=O)Nc1cccc(N2C[C@@H](C(=O)Nc3cccc(F)c3)CC2=O)c1. The van der Waals surface area contributed by atoms with Gasteiger partial charge in [-0.1, -0.05) is 12.1 Å². The average molecular weight is 355 g/mol. The van der Waals surface area contributed by atoms with Gasteiger partial charge in [0.05, 0.1) is 5.92 Å². The summed E-state index contributed by atoms with van der Waals surface area (Å²) in [5.74, 6) is -1.69. The topological polar surface area (TPSA) is 78.5 Å². The zero-order valence-corrected chi connectivity index (χ0v) is 14.2. The fraction of sp³-hybridized carbons (Fsp3) is 0.211. The van der Waals surface area contributed by atoms with Gasteiger partial charge in [-0.3, -0.25) is 14.4 Å². The number of amides is 3. The molecule has 0 radical (unpaired) electrons. The van der Waals surface area contributed by atoms with Crippen LogP contribution < -0.4 is 15.5 Å². The molecule has 0 bridgehead atoms. The van der Waals surface area contributed by atoms with Crippen LogP contribution in [0.5, 0.6) is 0 Å². The standard InChI is InChI=1S/C19H18FN3O3/c1-12(24)21-16-6-3-7-17(10-16)23-11-13(8-18(23)25)19(26)22-15-5-2-4-14(20)9-15/h2-7,9-10,13H,8,11H2,1H3,(H,21,24)(H,22,26)/t13-/m0/s1. The van der Waals surface area contributed by atoms with Crippen LogP contribution in [0.15, 0.2) is 48.5 Å². The van der Waals surface area contributed by atoms with Gasteiger partial charge in [0.25, 0.3) is 0 Å². The molecule has 1 saturated heterocycles. The van der Waals surface area contributed by atoms with Crippen LogP contribution in [0.4, 0.5) is 21.5 Å². The van der Waals surface area contributed by atoms with Crippen LogP contribution in [0, 0.1) is 11.7 Å².